The summed E-state index contributed by atoms with van der Waals surface area (Å²) >= 11 is 0. The number of imide groups is 1. The fraction of sp³-hybridized carbons (Fsp3) is 0.471. The van der Waals surface area contributed by atoms with Crippen molar-refractivity contribution < 1.29 is 14.3 Å². The van der Waals surface area contributed by atoms with Crippen LogP contribution < -0.4 is 10.2 Å². The van der Waals surface area contributed by atoms with Gasteiger partial charge in [0.1, 0.15) is 5.54 Å². The Balaban J connectivity index is 1.68. The van der Waals surface area contributed by atoms with Gasteiger partial charge in [0, 0.05) is 18.8 Å². The number of carbonyl (C=O) groups excluding carboxylic acids is 2. The SMILES string of the molecule is CCC1(C)NC(=O)N(/N=C/c2ccc(N3CCOCC3)cc2)C1=O. The van der Waals surface area contributed by atoms with Gasteiger partial charge in [0.25, 0.3) is 5.91 Å². The third-order valence-electron chi connectivity index (χ3n) is 4.54. The smallest absolute Gasteiger partial charge is 0.346 e. The first-order chi connectivity index (χ1) is 11.5. The molecule has 2 heterocycles. The van der Waals surface area contributed by atoms with Gasteiger partial charge in [-0.2, -0.15) is 5.10 Å². The predicted octanol–water partition coefficient (Wildman–Crippen LogP) is 1.58. The van der Waals surface area contributed by atoms with E-state index in [-0.39, 0.29) is 5.91 Å². The van der Waals surface area contributed by atoms with Crippen LogP contribution in [0, 0.1) is 0 Å². The molecule has 1 aromatic rings. The highest BCUT2D eigenvalue weighted by Crippen LogP contribution is 2.21. The fourth-order valence-corrected chi connectivity index (χ4v) is 2.73. The summed E-state index contributed by atoms with van der Waals surface area (Å²) in [6, 6.07) is 7.38. The van der Waals surface area contributed by atoms with E-state index in [1.807, 2.05) is 31.2 Å². The molecular weight excluding hydrogens is 308 g/mol. The quantitative estimate of drug-likeness (QED) is 0.672. The monoisotopic (exact) mass is 330 g/mol. The minimum absolute atomic E-state index is 0.323. The molecule has 0 radical (unpaired) electrons. The van der Waals surface area contributed by atoms with Crippen LogP contribution >= 0.6 is 0 Å². The second-order valence-electron chi connectivity index (χ2n) is 6.17. The van der Waals surface area contributed by atoms with Gasteiger partial charge in [0.05, 0.1) is 19.4 Å². The Labute approximate surface area is 141 Å². The molecule has 128 valence electrons. The molecule has 24 heavy (non-hydrogen) atoms. The summed E-state index contributed by atoms with van der Waals surface area (Å²) in [6.07, 6.45) is 2.06. The van der Waals surface area contributed by atoms with Crippen LogP contribution in [0.4, 0.5) is 10.5 Å². The highest BCUT2D eigenvalue weighted by Gasteiger charge is 2.46. The maximum atomic E-state index is 12.3. The molecule has 2 saturated heterocycles. The Hall–Kier alpha value is -2.41. The summed E-state index contributed by atoms with van der Waals surface area (Å²) in [7, 11) is 0. The van der Waals surface area contributed by atoms with Crippen LogP contribution in [0.15, 0.2) is 29.4 Å². The number of morpholine rings is 1. The zero-order valence-electron chi connectivity index (χ0n) is 14.0. The molecule has 2 aliphatic heterocycles. The Morgan fingerprint density at radius 3 is 2.50 bits per heavy atom. The first-order valence-electron chi connectivity index (χ1n) is 8.17. The number of hydrogen-bond acceptors (Lipinski definition) is 5. The minimum Gasteiger partial charge on any atom is -0.378 e. The number of hydrogen-bond donors (Lipinski definition) is 1. The summed E-state index contributed by atoms with van der Waals surface area (Å²) in [5.74, 6) is -0.323. The normalized spacial score (nSPS) is 24.8. The van der Waals surface area contributed by atoms with Crippen molar-refractivity contribution in [2.24, 2.45) is 5.10 Å². The van der Waals surface area contributed by atoms with Gasteiger partial charge in [-0.05, 0) is 31.0 Å². The van der Waals surface area contributed by atoms with Gasteiger partial charge in [-0.1, -0.05) is 19.1 Å². The topological polar surface area (TPSA) is 74.2 Å². The van der Waals surface area contributed by atoms with E-state index in [9.17, 15) is 9.59 Å². The summed E-state index contributed by atoms with van der Waals surface area (Å²) in [4.78, 5) is 26.4. The lowest BCUT2D eigenvalue weighted by atomic mass is 10.00. The molecule has 3 rings (SSSR count). The van der Waals surface area contributed by atoms with Gasteiger partial charge < -0.3 is 15.0 Å². The zero-order chi connectivity index (χ0) is 17.2. The highest BCUT2D eigenvalue weighted by molar-refractivity contribution is 6.07. The maximum Gasteiger partial charge on any atom is 0.346 e. The fourth-order valence-electron chi connectivity index (χ4n) is 2.73. The minimum atomic E-state index is -0.866. The molecule has 0 aliphatic carbocycles. The number of nitrogens with zero attached hydrogens (tertiary/aromatic N) is 3. The van der Waals surface area contributed by atoms with Crippen LogP contribution in [0.5, 0.6) is 0 Å². The Morgan fingerprint density at radius 2 is 1.92 bits per heavy atom. The molecule has 1 atom stereocenters. The molecule has 1 aromatic carbocycles. The molecule has 0 aromatic heterocycles. The number of carbonyl (C=O) groups is 2. The van der Waals surface area contributed by atoms with E-state index in [1.165, 1.54) is 6.21 Å². The van der Waals surface area contributed by atoms with Crippen LogP contribution in [0.2, 0.25) is 0 Å². The average molecular weight is 330 g/mol. The molecule has 7 nitrogen and oxygen atoms in total. The lowest BCUT2D eigenvalue weighted by Gasteiger charge is -2.28. The Morgan fingerprint density at radius 1 is 1.25 bits per heavy atom. The van der Waals surface area contributed by atoms with Crippen LogP contribution in [0.1, 0.15) is 25.8 Å². The molecule has 0 spiro atoms. The first-order valence-corrected chi connectivity index (χ1v) is 8.17. The third kappa shape index (κ3) is 3.12. The molecule has 2 fully saturated rings. The molecule has 0 saturated carbocycles. The molecule has 1 unspecified atom stereocenters. The predicted molar refractivity (Wildman–Crippen MR) is 91.1 cm³/mol. The van der Waals surface area contributed by atoms with Crippen LogP contribution in [0.3, 0.4) is 0 Å². The first kappa shape index (κ1) is 16.4. The summed E-state index contributed by atoms with van der Waals surface area (Å²) in [5, 5.41) is 7.63. The molecule has 3 amide bonds. The number of rotatable bonds is 4. The van der Waals surface area contributed by atoms with Crippen LogP contribution in [-0.4, -0.2) is 55.0 Å². The summed E-state index contributed by atoms with van der Waals surface area (Å²) < 4.78 is 5.35. The van der Waals surface area contributed by atoms with Crippen molar-refractivity contribution >= 4 is 23.8 Å². The number of nitrogens with one attached hydrogen (secondary N) is 1. The van der Waals surface area contributed by atoms with Crippen molar-refractivity contribution in [3.05, 3.63) is 29.8 Å². The van der Waals surface area contributed by atoms with Crippen molar-refractivity contribution in [3.63, 3.8) is 0 Å². The molecule has 1 N–H and O–H groups in total. The van der Waals surface area contributed by atoms with Crippen molar-refractivity contribution in [2.45, 2.75) is 25.8 Å². The standard InChI is InChI=1S/C17H22N4O3/c1-3-17(2)15(22)21(16(23)19-17)18-12-13-4-6-14(7-5-13)20-8-10-24-11-9-20/h4-7,12H,3,8-11H2,1-2H3,(H,19,23)/b18-12+. The molecule has 7 heteroatoms. The second-order valence-corrected chi connectivity index (χ2v) is 6.17. The number of amides is 3. The molecular formula is C17H22N4O3. The van der Waals surface area contributed by atoms with E-state index in [4.69, 9.17) is 4.74 Å². The third-order valence-corrected chi connectivity index (χ3v) is 4.54. The largest absolute Gasteiger partial charge is 0.378 e. The van der Waals surface area contributed by atoms with Gasteiger partial charge in [0.2, 0.25) is 0 Å². The number of anilines is 1. The molecule has 2 aliphatic rings. The van der Waals surface area contributed by atoms with E-state index in [2.05, 4.69) is 15.3 Å². The second kappa shape index (κ2) is 6.60. The Kier molecular flexibility index (Phi) is 4.53. The van der Waals surface area contributed by atoms with Gasteiger partial charge >= 0.3 is 6.03 Å². The summed E-state index contributed by atoms with van der Waals surface area (Å²) in [6.45, 7) is 6.81. The van der Waals surface area contributed by atoms with E-state index in [1.54, 1.807) is 6.92 Å². The van der Waals surface area contributed by atoms with Crippen LogP contribution in [-0.2, 0) is 9.53 Å². The maximum absolute atomic E-state index is 12.3. The van der Waals surface area contributed by atoms with E-state index in [0.29, 0.717) is 6.42 Å². The van der Waals surface area contributed by atoms with Gasteiger partial charge in [0.15, 0.2) is 0 Å². The van der Waals surface area contributed by atoms with Crippen molar-refractivity contribution in [1.82, 2.24) is 10.3 Å². The van der Waals surface area contributed by atoms with Gasteiger partial charge in [-0.3, -0.25) is 4.79 Å². The lowest BCUT2D eigenvalue weighted by Crippen LogP contribution is -2.42. The van der Waals surface area contributed by atoms with Gasteiger partial charge in [-0.25, -0.2) is 4.79 Å². The lowest BCUT2D eigenvalue weighted by molar-refractivity contribution is -0.130. The van der Waals surface area contributed by atoms with Crippen LogP contribution in [0.25, 0.3) is 0 Å². The Bertz CT molecular complexity index is 652. The number of ether oxygens (including phenoxy) is 1. The van der Waals surface area contributed by atoms with Crippen molar-refractivity contribution in [3.8, 4) is 0 Å². The number of benzene rings is 1. The average Bonchev–Trinajstić information content (AvgIpc) is 2.84. The van der Waals surface area contributed by atoms with Crippen molar-refractivity contribution in [1.29, 1.82) is 0 Å². The van der Waals surface area contributed by atoms with Gasteiger partial charge in [-0.15, -0.1) is 5.01 Å². The number of hydrazone groups is 1. The van der Waals surface area contributed by atoms with E-state index >= 15 is 0 Å². The molecule has 0 bridgehead atoms. The van der Waals surface area contributed by atoms with E-state index in [0.717, 1.165) is 42.6 Å². The van der Waals surface area contributed by atoms with E-state index < -0.39 is 11.6 Å². The summed E-state index contributed by atoms with van der Waals surface area (Å²) in [5.41, 5.74) is 1.09. The highest BCUT2D eigenvalue weighted by atomic mass is 16.5. The number of urea groups is 1. The zero-order valence-corrected chi connectivity index (χ0v) is 14.0. The van der Waals surface area contributed by atoms with Crippen molar-refractivity contribution in [2.75, 3.05) is 31.2 Å².